The van der Waals surface area contributed by atoms with E-state index >= 15 is 0 Å². The van der Waals surface area contributed by atoms with Gasteiger partial charge in [0.2, 0.25) is 4.77 Å². The highest BCUT2D eigenvalue weighted by molar-refractivity contribution is 7.71. The zero-order chi connectivity index (χ0) is 5.98. The molecule has 0 spiro atoms. The molecule has 0 fully saturated rings. The molecule has 1 N–H and O–H groups in total. The number of aromatic amines is 1. The van der Waals surface area contributed by atoms with Crippen molar-refractivity contribution in [3.63, 3.8) is 0 Å². The Morgan fingerprint density at radius 3 is 2.88 bits per heavy atom. The fourth-order valence-corrected chi connectivity index (χ4v) is 0.677. The van der Waals surface area contributed by atoms with Gasteiger partial charge in [-0.3, -0.25) is 0 Å². The summed E-state index contributed by atoms with van der Waals surface area (Å²) in [5, 5.41) is 9.34. The standard InChI is InChI=1S/C2H3ClN4S/c3-1-7-2(8)4-5-6-7/h1H2,(H,4,6,8). The number of nitrogens with one attached hydrogen (secondary N) is 1. The molecule has 0 aliphatic heterocycles. The third-order valence-corrected chi connectivity index (χ3v) is 1.19. The number of nitrogens with zero attached hydrogens (tertiary/aromatic N) is 3. The number of H-pyrrole nitrogens is 1. The fourth-order valence-electron chi connectivity index (χ4n) is 0.294. The zero-order valence-electron chi connectivity index (χ0n) is 3.83. The van der Waals surface area contributed by atoms with Crippen molar-refractivity contribution in [2.45, 2.75) is 6.00 Å². The summed E-state index contributed by atoms with van der Waals surface area (Å²) in [6.45, 7) is 0. The van der Waals surface area contributed by atoms with Crippen LogP contribution in [0.4, 0.5) is 0 Å². The number of tetrazole rings is 1. The Morgan fingerprint density at radius 1 is 1.88 bits per heavy atom. The van der Waals surface area contributed by atoms with Gasteiger partial charge in [0, 0.05) is 0 Å². The maximum Gasteiger partial charge on any atom is 0.239 e. The van der Waals surface area contributed by atoms with E-state index in [0.717, 1.165) is 0 Å². The van der Waals surface area contributed by atoms with Gasteiger partial charge in [-0.05, 0) is 12.2 Å². The van der Waals surface area contributed by atoms with Gasteiger partial charge in [0.25, 0.3) is 0 Å². The van der Waals surface area contributed by atoms with E-state index in [1.165, 1.54) is 4.68 Å². The molecular weight excluding hydrogens is 148 g/mol. The van der Waals surface area contributed by atoms with Crippen LogP contribution in [0.3, 0.4) is 0 Å². The zero-order valence-corrected chi connectivity index (χ0v) is 5.41. The minimum atomic E-state index is 0.270. The topological polar surface area (TPSA) is 46.5 Å². The number of aromatic nitrogens is 4. The number of hydrogen-bond donors (Lipinski definition) is 1. The molecule has 0 saturated heterocycles. The number of alkyl halides is 1. The summed E-state index contributed by atoms with van der Waals surface area (Å²) in [6.07, 6.45) is 0. The maximum absolute atomic E-state index is 5.36. The summed E-state index contributed by atoms with van der Waals surface area (Å²) in [4.78, 5) is 0. The maximum atomic E-state index is 5.36. The number of rotatable bonds is 1. The highest BCUT2D eigenvalue weighted by Gasteiger charge is 1.87. The smallest absolute Gasteiger partial charge is 0.227 e. The SMILES string of the molecule is S=c1nn[nH]n1CCl. The van der Waals surface area contributed by atoms with E-state index in [9.17, 15) is 0 Å². The molecule has 0 radical (unpaired) electrons. The lowest BCUT2D eigenvalue weighted by atomic mass is 11.2. The lowest BCUT2D eigenvalue weighted by molar-refractivity contribution is 0.687. The Labute approximate surface area is 55.4 Å². The Balaban J connectivity index is 3.11. The summed E-state index contributed by atoms with van der Waals surface area (Å²) < 4.78 is 1.82. The molecule has 1 aromatic heterocycles. The molecule has 8 heavy (non-hydrogen) atoms. The third-order valence-electron chi connectivity index (χ3n) is 0.651. The van der Waals surface area contributed by atoms with Gasteiger partial charge in [0.15, 0.2) is 0 Å². The first-order valence-electron chi connectivity index (χ1n) is 1.88. The molecule has 1 aromatic rings. The quantitative estimate of drug-likeness (QED) is 0.469. The van der Waals surface area contributed by atoms with Crippen LogP contribution in [-0.2, 0) is 6.00 Å². The summed E-state index contributed by atoms with van der Waals surface area (Å²) in [5.74, 6) is 0. The Kier molecular flexibility index (Phi) is 1.59. The normalized spacial score (nSPS) is 9.62. The van der Waals surface area contributed by atoms with Crippen molar-refractivity contribution in [1.82, 2.24) is 20.2 Å². The first-order valence-corrected chi connectivity index (χ1v) is 2.82. The molecule has 0 unspecified atom stereocenters. The molecule has 6 heteroatoms. The van der Waals surface area contributed by atoms with Crippen LogP contribution in [0.5, 0.6) is 0 Å². The van der Waals surface area contributed by atoms with Crippen LogP contribution in [0.15, 0.2) is 0 Å². The molecule has 44 valence electrons. The van der Waals surface area contributed by atoms with Crippen molar-refractivity contribution >= 4 is 23.8 Å². The predicted octanol–water partition coefficient (Wildman–Crippen LogP) is 0.532. The van der Waals surface area contributed by atoms with Crippen LogP contribution >= 0.6 is 23.8 Å². The first-order chi connectivity index (χ1) is 3.84. The fraction of sp³-hybridized carbons (Fsp3) is 0.500. The van der Waals surface area contributed by atoms with E-state index in [1.54, 1.807) is 0 Å². The minimum absolute atomic E-state index is 0.270. The highest BCUT2D eigenvalue weighted by atomic mass is 35.5. The van der Waals surface area contributed by atoms with Crippen LogP contribution in [0.1, 0.15) is 0 Å². The van der Waals surface area contributed by atoms with Gasteiger partial charge in [-0.15, -0.1) is 11.6 Å². The van der Waals surface area contributed by atoms with Crippen molar-refractivity contribution in [3.05, 3.63) is 4.77 Å². The van der Waals surface area contributed by atoms with Crippen LogP contribution in [0, 0.1) is 4.77 Å². The molecule has 0 aliphatic rings. The Morgan fingerprint density at radius 2 is 2.62 bits per heavy atom. The van der Waals surface area contributed by atoms with E-state index in [0.29, 0.717) is 4.77 Å². The Bertz CT molecular complexity index is 214. The lowest BCUT2D eigenvalue weighted by Gasteiger charge is -1.85. The molecule has 0 atom stereocenters. The van der Waals surface area contributed by atoms with Crippen molar-refractivity contribution in [2.24, 2.45) is 0 Å². The van der Waals surface area contributed by atoms with E-state index in [-0.39, 0.29) is 6.00 Å². The van der Waals surface area contributed by atoms with Crippen LogP contribution < -0.4 is 0 Å². The van der Waals surface area contributed by atoms with Crippen molar-refractivity contribution in [2.75, 3.05) is 0 Å². The average Bonchev–Trinajstić information content (AvgIpc) is 2.14. The van der Waals surface area contributed by atoms with Crippen molar-refractivity contribution in [1.29, 1.82) is 0 Å². The minimum Gasteiger partial charge on any atom is -0.227 e. The van der Waals surface area contributed by atoms with Crippen LogP contribution in [0.25, 0.3) is 0 Å². The predicted molar refractivity (Wildman–Crippen MR) is 31.1 cm³/mol. The second kappa shape index (κ2) is 2.23. The third kappa shape index (κ3) is 0.873. The largest absolute Gasteiger partial charge is 0.239 e. The first kappa shape index (κ1) is 5.71. The molecule has 0 saturated carbocycles. The van der Waals surface area contributed by atoms with Gasteiger partial charge in [0.05, 0.1) is 0 Å². The molecule has 4 nitrogen and oxygen atoms in total. The van der Waals surface area contributed by atoms with E-state index in [4.69, 9.17) is 11.6 Å². The van der Waals surface area contributed by atoms with Gasteiger partial charge >= 0.3 is 0 Å². The molecule has 1 rings (SSSR count). The highest BCUT2D eigenvalue weighted by Crippen LogP contribution is 1.84. The lowest BCUT2D eigenvalue weighted by Crippen LogP contribution is -1.93. The van der Waals surface area contributed by atoms with Gasteiger partial charge in [-0.2, -0.15) is 5.21 Å². The summed E-state index contributed by atoms with van der Waals surface area (Å²) in [5.41, 5.74) is 0. The van der Waals surface area contributed by atoms with E-state index in [2.05, 4.69) is 27.7 Å². The molecule has 0 aliphatic carbocycles. The van der Waals surface area contributed by atoms with Crippen LogP contribution in [-0.4, -0.2) is 20.2 Å². The van der Waals surface area contributed by atoms with E-state index in [1.807, 2.05) is 0 Å². The number of halogens is 1. The molecule has 1 heterocycles. The second-order valence-corrected chi connectivity index (χ2v) is 1.73. The van der Waals surface area contributed by atoms with Gasteiger partial charge in [-0.25, -0.2) is 4.68 Å². The summed E-state index contributed by atoms with van der Waals surface area (Å²) in [6, 6.07) is 0.270. The van der Waals surface area contributed by atoms with Gasteiger partial charge < -0.3 is 0 Å². The summed E-state index contributed by atoms with van der Waals surface area (Å²) in [7, 11) is 0. The summed E-state index contributed by atoms with van der Waals surface area (Å²) >= 11 is 10.0. The van der Waals surface area contributed by atoms with Crippen molar-refractivity contribution < 1.29 is 0 Å². The monoisotopic (exact) mass is 150 g/mol. The van der Waals surface area contributed by atoms with Gasteiger partial charge in [-0.1, -0.05) is 10.3 Å². The number of hydrogen-bond acceptors (Lipinski definition) is 3. The Hall–Kier alpha value is -0.420. The molecule has 0 bridgehead atoms. The van der Waals surface area contributed by atoms with Gasteiger partial charge in [0.1, 0.15) is 6.00 Å². The van der Waals surface area contributed by atoms with Crippen LogP contribution in [0.2, 0.25) is 0 Å². The van der Waals surface area contributed by atoms with Crippen molar-refractivity contribution in [3.8, 4) is 0 Å². The molecule has 0 amide bonds. The average molecular weight is 151 g/mol. The van der Waals surface area contributed by atoms with E-state index < -0.39 is 0 Å². The molecule has 0 aromatic carbocycles. The molecular formula is C2H3ClN4S. The second-order valence-electron chi connectivity index (χ2n) is 1.13.